The van der Waals surface area contributed by atoms with Gasteiger partial charge in [0.2, 0.25) is 5.91 Å². The van der Waals surface area contributed by atoms with Crippen molar-refractivity contribution in [3.05, 3.63) is 11.9 Å². The Labute approximate surface area is 105 Å². The molecule has 2 amide bonds. The summed E-state index contributed by atoms with van der Waals surface area (Å²) in [7, 11) is 0. The van der Waals surface area contributed by atoms with Crippen LogP contribution in [0.2, 0.25) is 0 Å². The van der Waals surface area contributed by atoms with Crippen molar-refractivity contribution in [3.8, 4) is 0 Å². The minimum atomic E-state index is -0.291. The van der Waals surface area contributed by atoms with Crippen LogP contribution in [-0.2, 0) is 11.3 Å². The molecule has 0 aliphatic carbocycles. The van der Waals surface area contributed by atoms with E-state index >= 15 is 0 Å². The van der Waals surface area contributed by atoms with Crippen molar-refractivity contribution in [2.75, 3.05) is 12.3 Å². The van der Waals surface area contributed by atoms with Gasteiger partial charge in [-0.3, -0.25) is 14.3 Å². The van der Waals surface area contributed by atoms with Gasteiger partial charge in [0, 0.05) is 31.7 Å². The first-order chi connectivity index (χ1) is 8.60. The molecule has 1 aromatic heterocycles. The van der Waals surface area contributed by atoms with Gasteiger partial charge in [0.15, 0.2) is 5.69 Å². The molecular weight excluding hydrogens is 234 g/mol. The smallest absolute Gasteiger partial charge is 0.274 e. The average Bonchev–Trinajstić information content (AvgIpc) is 2.73. The molecule has 7 heteroatoms. The SMILES string of the molecule is CCn1cc(N)c(C(=O)NC2CCC(=O)NC2)n1. The summed E-state index contributed by atoms with van der Waals surface area (Å²) >= 11 is 0. The number of rotatable bonds is 3. The second-order valence-electron chi connectivity index (χ2n) is 4.30. The van der Waals surface area contributed by atoms with Crippen LogP contribution in [0.5, 0.6) is 0 Å². The summed E-state index contributed by atoms with van der Waals surface area (Å²) in [6.07, 6.45) is 2.72. The lowest BCUT2D eigenvalue weighted by atomic mass is 10.1. The number of aryl methyl sites for hydroxylation is 1. The zero-order valence-corrected chi connectivity index (χ0v) is 10.3. The van der Waals surface area contributed by atoms with Gasteiger partial charge in [-0.25, -0.2) is 0 Å². The molecule has 2 rings (SSSR count). The van der Waals surface area contributed by atoms with Gasteiger partial charge in [-0.05, 0) is 13.3 Å². The summed E-state index contributed by atoms with van der Waals surface area (Å²) in [6, 6.07) is -0.0543. The molecule has 1 aromatic rings. The highest BCUT2D eigenvalue weighted by Gasteiger charge is 2.22. The molecular formula is C11H17N5O2. The number of carbonyl (C=O) groups excluding carboxylic acids is 2. The normalized spacial score (nSPS) is 19.4. The van der Waals surface area contributed by atoms with Crippen LogP contribution in [-0.4, -0.2) is 34.2 Å². The lowest BCUT2D eigenvalue weighted by Gasteiger charge is -2.23. The molecule has 4 N–H and O–H groups in total. The number of amides is 2. The van der Waals surface area contributed by atoms with Crippen LogP contribution in [0.1, 0.15) is 30.3 Å². The number of nitrogens with one attached hydrogen (secondary N) is 2. The van der Waals surface area contributed by atoms with Gasteiger partial charge in [-0.15, -0.1) is 0 Å². The van der Waals surface area contributed by atoms with E-state index in [1.54, 1.807) is 10.9 Å². The highest BCUT2D eigenvalue weighted by molar-refractivity contribution is 5.97. The van der Waals surface area contributed by atoms with Gasteiger partial charge >= 0.3 is 0 Å². The maximum absolute atomic E-state index is 12.0. The van der Waals surface area contributed by atoms with E-state index in [0.717, 1.165) is 0 Å². The molecule has 1 atom stereocenters. The van der Waals surface area contributed by atoms with Gasteiger partial charge in [0.1, 0.15) is 0 Å². The Balaban J connectivity index is 1.98. The summed E-state index contributed by atoms with van der Waals surface area (Å²) in [5, 5.41) is 9.63. The van der Waals surface area contributed by atoms with E-state index in [9.17, 15) is 9.59 Å². The number of hydrogen-bond donors (Lipinski definition) is 3. The summed E-state index contributed by atoms with van der Waals surface area (Å²) < 4.78 is 1.62. The molecule has 0 spiro atoms. The van der Waals surface area contributed by atoms with Crippen LogP contribution in [0.25, 0.3) is 0 Å². The Morgan fingerprint density at radius 3 is 3.06 bits per heavy atom. The van der Waals surface area contributed by atoms with Crippen molar-refractivity contribution < 1.29 is 9.59 Å². The van der Waals surface area contributed by atoms with Crippen LogP contribution in [0.4, 0.5) is 5.69 Å². The molecule has 0 radical (unpaired) electrons. The van der Waals surface area contributed by atoms with Crippen LogP contribution < -0.4 is 16.4 Å². The predicted molar refractivity (Wildman–Crippen MR) is 65.8 cm³/mol. The van der Waals surface area contributed by atoms with Crippen LogP contribution in [0, 0.1) is 0 Å². The second kappa shape index (κ2) is 5.07. The molecule has 1 aliphatic heterocycles. The third kappa shape index (κ3) is 2.61. The molecule has 1 fully saturated rings. The third-order valence-corrected chi connectivity index (χ3v) is 2.93. The molecule has 2 heterocycles. The van der Waals surface area contributed by atoms with Crippen molar-refractivity contribution in [1.29, 1.82) is 0 Å². The van der Waals surface area contributed by atoms with Gasteiger partial charge < -0.3 is 16.4 Å². The fourth-order valence-electron chi connectivity index (χ4n) is 1.89. The molecule has 1 unspecified atom stereocenters. The Morgan fingerprint density at radius 2 is 2.50 bits per heavy atom. The van der Waals surface area contributed by atoms with Crippen molar-refractivity contribution >= 4 is 17.5 Å². The molecule has 0 saturated carbocycles. The first kappa shape index (κ1) is 12.4. The van der Waals surface area contributed by atoms with Crippen molar-refractivity contribution in [3.63, 3.8) is 0 Å². The molecule has 18 heavy (non-hydrogen) atoms. The first-order valence-electron chi connectivity index (χ1n) is 6.00. The quantitative estimate of drug-likeness (QED) is 0.673. The average molecular weight is 251 g/mol. The number of nitrogens with two attached hydrogens (primary N) is 1. The van der Waals surface area contributed by atoms with E-state index < -0.39 is 0 Å². The number of aromatic nitrogens is 2. The lowest BCUT2D eigenvalue weighted by Crippen LogP contribution is -2.47. The Bertz CT molecular complexity index is 458. The summed E-state index contributed by atoms with van der Waals surface area (Å²) in [5.41, 5.74) is 6.34. The molecule has 0 aromatic carbocycles. The van der Waals surface area contributed by atoms with Crippen molar-refractivity contribution in [2.45, 2.75) is 32.4 Å². The number of nitrogen functional groups attached to an aromatic ring is 1. The van der Waals surface area contributed by atoms with Crippen LogP contribution >= 0.6 is 0 Å². The fourth-order valence-corrected chi connectivity index (χ4v) is 1.89. The zero-order chi connectivity index (χ0) is 13.1. The third-order valence-electron chi connectivity index (χ3n) is 2.93. The number of piperidine rings is 1. The van der Waals surface area contributed by atoms with Crippen molar-refractivity contribution in [1.82, 2.24) is 20.4 Å². The molecule has 98 valence electrons. The van der Waals surface area contributed by atoms with E-state index in [-0.39, 0.29) is 23.6 Å². The van der Waals surface area contributed by atoms with E-state index in [4.69, 9.17) is 5.73 Å². The topological polar surface area (TPSA) is 102 Å². The first-order valence-corrected chi connectivity index (χ1v) is 6.00. The monoisotopic (exact) mass is 251 g/mol. The van der Waals surface area contributed by atoms with Gasteiger partial charge in [-0.2, -0.15) is 5.10 Å². The van der Waals surface area contributed by atoms with Crippen molar-refractivity contribution in [2.24, 2.45) is 0 Å². The number of carbonyl (C=O) groups is 2. The fraction of sp³-hybridized carbons (Fsp3) is 0.545. The summed E-state index contributed by atoms with van der Waals surface area (Å²) in [6.45, 7) is 3.04. The largest absolute Gasteiger partial charge is 0.396 e. The van der Waals surface area contributed by atoms with E-state index in [1.165, 1.54) is 0 Å². The van der Waals surface area contributed by atoms with Gasteiger partial charge in [-0.1, -0.05) is 0 Å². The van der Waals surface area contributed by atoms with Crippen LogP contribution in [0.3, 0.4) is 0 Å². The second-order valence-corrected chi connectivity index (χ2v) is 4.30. The van der Waals surface area contributed by atoms with Crippen LogP contribution in [0.15, 0.2) is 6.20 Å². The minimum Gasteiger partial charge on any atom is -0.396 e. The number of nitrogens with zero attached hydrogens (tertiary/aromatic N) is 2. The standard InChI is InChI=1S/C11H17N5O2/c1-2-16-6-8(12)10(15-16)11(18)14-7-3-4-9(17)13-5-7/h6-7H,2-5,12H2,1H3,(H,13,17)(H,14,18). The predicted octanol–water partition coefficient (Wildman–Crippen LogP) is -0.506. The molecule has 1 aliphatic rings. The maximum Gasteiger partial charge on any atom is 0.274 e. The molecule has 7 nitrogen and oxygen atoms in total. The number of anilines is 1. The van der Waals surface area contributed by atoms with Gasteiger partial charge in [0.25, 0.3) is 5.91 Å². The zero-order valence-electron chi connectivity index (χ0n) is 10.3. The van der Waals surface area contributed by atoms with E-state index in [0.29, 0.717) is 31.6 Å². The van der Waals surface area contributed by atoms with E-state index in [2.05, 4.69) is 15.7 Å². The maximum atomic E-state index is 12.0. The highest BCUT2D eigenvalue weighted by Crippen LogP contribution is 2.10. The highest BCUT2D eigenvalue weighted by atomic mass is 16.2. The minimum absolute atomic E-state index is 0.0234. The summed E-state index contributed by atoms with van der Waals surface area (Å²) in [5.74, 6) is -0.267. The Kier molecular flexibility index (Phi) is 3.50. The lowest BCUT2D eigenvalue weighted by molar-refractivity contribution is -0.122. The Hall–Kier alpha value is -2.05. The summed E-state index contributed by atoms with van der Waals surface area (Å²) in [4.78, 5) is 23.0. The Morgan fingerprint density at radius 1 is 1.72 bits per heavy atom. The van der Waals surface area contributed by atoms with Gasteiger partial charge in [0.05, 0.1) is 5.69 Å². The van der Waals surface area contributed by atoms with E-state index in [1.807, 2.05) is 6.92 Å². The molecule has 1 saturated heterocycles. The molecule has 0 bridgehead atoms. The number of hydrogen-bond acceptors (Lipinski definition) is 4.